The topological polar surface area (TPSA) is 32.3 Å². The van der Waals surface area contributed by atoms with Crippen molar-refractivity contribution in [2.45, 2.75) is 57.8 Å². The number of nitrogens with zero attached hydrogens (tertiary/aromatic N) is 4. The maximum Gasteiger partial charge on any atom is 0.0645 e. The fraction of sp³-hybridized carbons (Fsp3) is 0.114. The third-order valence-electron chi connectivity index (χ3n) is 18.4. The largest absolute Gasteiger partial charge is 0.308 e. The molecule has 0 radical (unpaired) electrons. The number of hydrogen-bond acceptors (Lipinski definition) is 4. The van der Waals surface area contributed by atoms with E-state index in [1.54, 1.807) is 0 Å². The number of rotatable bonds is 10. The Morgan fingerprint density at radius 1 is 0.289 bits per heavy atom. The van der Waals surface area contributed by atoms with Crippen LogP contribution >= 0.6 is 0 Å². The van der Waals surface area contributed by atoms with Crippen LogP contribution in [0.3, 0.4) is 0 Å². The van der Waals surface area contributed by atoms with E-state index in [0.717, 1.165) is 34.1 Å². The quantitative estimate of drug-likeness (QED) is 0.128. The highest BCUT2D eigenvalue weighted by Crippen LogP contribution is 2.54. The monoisotopic (exact) mass is 1070 g/mol. The average Bonchev–Trinajstić information content (AvgIpc) is 4.07. The van der Waals surface area contributed by atoms with Crippen molar-refractivity contribution in [3.63, 3.8) is 0 Å². The molecule has 4 nitrogen and oxygen atoms in total. The molecule has 4 heteroatoms. The van der Waals surface area contributed by atoms with Gasteiger partial charge in [-0.25, -0.2) is 0 Å². The Bertz CT molecular complexity index is 4350. The van der Waals surface area contributed by atoms with Crippen molar-refractivity contribution < 1.29 is 0 Å². The van der Waals surface area contributed by atoms with Crippen LogP contribution in [-0.4, -0.2) is 9.97 Å². The molecule has 0 spiro atoms. The summed E-state index contributed by atoms with van der Waals surface area (Å²) in [4.78, 5) is 13.8. The maximum atomic E-state index is 4.55. The predicted octanol–water partition coefficient (Wildman–Crippen LogP) is 21.0. The van der Waals surface area contributed by atoms with E-state index in [-0.39, 0.29) is 16.2 Å². The zero-order valence-corrected chi connectivity index (χ0v) is 47.7. The number of aromatic nitrogens is 2. The lowest BCUT2D eigenvalue weighted by Crippen LogP contribution is -2.17. The fourth-order valence-corrected chi connectivity index (χ4v) is 14.0. The van der Waals surface area contributed by atoms with Crippen LogP contribution in [0.2, 0.25) is 0 Å². The summed E-state index contributed by atoms with van der Waals surface area (Å²) < 4.78 is 0. The average molecular weight is 1070 g/mol. The standard InChI is InChI=1S/C79H62N4/c1-77(2)69-43-51(25-27-53-31-37-65-67-39-33-57(47-73(67)78(3,4)71(65)45-53)82(59-19-13-41-80-49-59)75-23-11-17-55-15-7-9-21-61(55)75)29-35-63(69)64-36-30-52(44-70(64)77)26-28-54-32-38-66-68-40-34-58(48-74(68)79(5,6)72(66)46-54)83(60-20-14-42-81-50-60)76-24-12-18-56-16-8-10-22-62(56)76/h7-50H,1-6H3. The lowest BCUT2D eigenvalue weighted by Gasteiger charge is -2.28. The van der Waals surface area contributed by atoms with Gasteiger partial charge in [0, 0.05) is 50.8 Å². The summed E-state index contributed by atoms with van der Waals surface area (Å²) in [5, 5.41) is 4.83. The Morgan fingerprint density at radius 3 is 0.940 bits per heavy atom. The molecule has 0 aliphatic heterocycles. The van der Waals surface area contributed by atoms with E-state index in [9.17, 15) is 0 Å². The van der Waals surface area contributed by atoms with Crippen LogP contribution in [0.5, 0.6) is 0 Å². The van der Waals surface area contributed by atoms with Crippen LogP contribution in [0.25, 0.3) is 79.2 Å². The highest BCUT2D eigenvalue weighted by atomic mass is 15.2. The van der Waals surface area contributed by atoms with Crippen molar-refractivity contribution in [1.29, 1.82) is 0 Å². The summed E-state index contributed by atoms with van der Waals surface area (Å²) in [7, 11) is 0. The molecule has 3 aliphatic rings. The Balaban J connectivity index is 0.671. The summed E-state index contributed by atoms with van der Waals surface area (Å²) in [6.45, 7) is 14.2. The van der Waals surface area contributed by atoms with Gasteiger partial charge in [-0.1, -0.05) is 224 Å². The van der Waals surface area contributed by atoms with Gasteiger partial charge in [0.15, 0.2) is 0 Å². The van der Waals surface area contributed by atoms with E-state index >= 15 is 0 Å². The van der Waals surface area contributed by atoms with Crippen LogP contribution in [0.15, 0.2) is 243 Å². The minimum absolute atomic E-state index is 0.163. The van der Waals surface area contributed by atoms with E-state index in [4.69, 9.17) is 0 Å². The van der Waals surface area contributed by atoms with Crippen molar-refractivity contribution in [3.8, 4) is 33.4 Å². The maximum absolute atomic E-state index is 4.55. The SMILES string of the molecule is CC1(C)c2cc(C=Cc3ccc4c(c3)C(C)(C)c3cc(N(c5cccnc5)c5cccc6ccccc56)ccc3-4)ccc2-c2ccc(C=Cc3ccc4c(c3)C(C)(C)c3cc(N(c5cccnc5)c5cccc6ccccc56)ccc3-4)cc21. The van der Waals surface area contributed by atoms with Crippen molar-refractivity contribution in [1.82, 2.24) is 9.97 Å². The fourth-order valence-electron chi connectivity index (χ4n) is 14.0. The van der Waals surface area contributed by atoms with Crippen molar-refractivity contribution in [2.24, 2.45) is 0 Å². The molecule has 0 fully saturated rings. The van der Waals surface area contributed by atoms with Gasteiger partial charge in [0.1, 0.15) is 0 Å². The summed E-state index contributed by atoms with van der Waals surface area (Å²) in [5.74, 6) is 0. The van der Waals surface area contributed by atoms with Crippen LogP contribution in [0.4, 0.5) is 34.1 Å². The highest BCUT2D eigenvalue weighted by molar-refractivity contribution is 6.01. The molecule has 12 aromatic rings. The number of pyridine rings is 2. The van der Waals surface area contributed by atoms with Gasteiger partial charge in [-0.05, 0) is 160 Å². The molecule has 0 unspecified atom stereocenters. The first-order valence-electron chi connectivity index (χ1n) is 29.0. The van der Waals surface area contributed by atoms with E-state index in [2.05, 4.69) is 292 Å². The van der Waals surface area contributed by atoms with Gasteiger partial charge < -0.3 is 9.80 Å². The Labute approximate surface area is 487 Å². The molecular weight excluding hydrogens is 1000 g/mol. The molecule has 0 atom stereocenters. The molecule has 2 aromatic heterocycles. The lowest BCUT2D eigenvalue weighted by molar-refractivity contribution is 0.660. The zero-order valence-electron chi connectivity index (χ0n) is 47.7. The van der Waals surface area contributed by atoms with Gasteiger partial charge in [-0.3, -0.25) is 9.97 Å². The molecule has 398 valence electrons. The number of fused-ring (bicyclic) bond motifs is 11. The van der Waals surface area contributed by atoms with Crippen molar-refractivity contribution in [2.75, 3.05) is 9.80 Å². The molecule has 0 saturated carbocycles. The molecule has 0 N–H and O–H groups in total. The van der Waals surface area contributed by atoms with Crippen LogP contribution in [0, 0.1) is 0 Å². The summed E-state index contributed by atoms with van der Waals surface area (Å²) in [6.07, 6.45) is 16.8. The third kappa shape index (κ3) is 8.18. The Hall–Kier alpha value is -9.90. The normalized spacial score (nSPS) is 14.6. The van der Waals surface area contributed by atoms with Gasteiger partial charge in [-0.15, -0.1) is 0 Å². The smallest absolute Gasteiger partial charge is 0.0645 e. The van der Waals surface area contributed by atoms with Crippen molar-refractivity contribution in [3.05, 3.63) is 299 Å². The van der Waals surface area contributed by atoms with E-state index in [0.29, 0.717) is 0 Å². The number of anilines is 6. The third-order valence-corrected chi connectivity index (χ3v) is 18.4. The molecule has 3 aliphatic carbocycles. The molecule has 0 bridgehead atoms. The summed E-state index contributed by atoms with van der Waals surface area (Å²) in [5.41, 5.74) is 26.7. The zero-order chi connectivity index (χ0) is 56.2. The first-order chi connectivity index (χ1) is 40.4. The van der Waals surface area contributed by atoms with Crippen LogP contribution < -0.4 is 9.80 Å². The summed E-state index contributed by atoms with van der Waals surface area (Å²) in [6, 6.07) is 80.7. The van der Waals surface area contributed by atoms with Gasteiger partial charge in [0.25, 0.3) is 0 Å². The summed E-state index contributed by atoms with van der Waals surface area (Å²) >= 11 is 0. The number of hydrogen-bond donors (Lipinski definition) is 0. The minimum Gasteiger partial charge on any atom is -0.308 e. The predicted molar refractivity (Wildman–Crippen MR) is 350 cm³/mol. The first kappa shape index (κ1) is 50.1. The highest BCUT2D eigenvalue weighted by Gasteiger charge is 2.39. The van der Waals surface area contributed by atoms with Gasteiger partial charge in [-0.2, -0.15) is 0 Å². The van der Waals surface area contributed by atoms with E-state index in [1.165, 1.54) is 111 Å². The second kappa shape index (κ2) is 19.1. The number of benzene rings is 10. The minimum atomic E-state index is -0.207. The molecule has 83 heavy (non-hydrogen) atoms. The molecule has 0 amide bonds. The second-order valence-electron chi connectivity index (χ2n) is 24.3. The Kier molecular flexibility index (Phi) is 11.5. The van der Waals surface area contributed by atoms with Gasteiger partial charge in [0.2, 0.25) is 0 Å². The molecule has 0 saturated heterocycles. The lowest BCUT2D eigenvalue weighted by atomic mass is 9.81. The van der Waals surface area contributed by atoms with E-state index in [1.807, 2.05) is 36.9 Å². The van der Waals surface area contributed by atoms with Crippen molar-refractivity contribution >= 4 is 80.0 Å². The van der Waals surface area contributed by atoms with Gasteiger partial charge >= 0.3 is 0 Å². The molecule has 2 heterocycles. The molecular formula is C79H62N4. The molecule has 15 rings (SSSR count). The van der Waals surface area contributed by atoms with Crippen LogP contribution in [0.1, 0.15) is 97.2 Å². The Morgan fingerprint density at radius 2 is 0.602 bits per heavy atom. The van der Waals surface area contributed by atoms with Gasteiger partial charge in [0.05, 0.1) is 35.1 Å². The van der Waals surface area contributed by atoms with Crippen LogP contribution in [-0.2, 0) is 16.2 Å². The molecule has 10 aromatic carbocycles. The van der Waals surface area contributed by atoms with E-state index < -0.39 is 0 Å². The second-order valence-corrected chi connectivity index (χ2v) is 24.3. The first-order valence-corrected chi connectivity index (χ1v) is 29.0.